The summed E-state index contributed by atoms with van der Waals surface area (Å²) in [6, 6.07) is 64.2. The maximum Gasteiger partial charge on any atom is 0.0788 e. The number of pyridine rings is 3. The molecule has 5 heteroatoms. The molecular weight excluding hydrogens is 695 g/mol. The van der Waals surface area contributed by atoms with E-state index < -0.39 is 0 Å². The zero-order valence-electron chi connectivity index (χ0n) is 31.2. The van der Waals surface area contributed by atoms with Crippen molar-refractivity contribution in [3.05, 3.63) is 200 Å². The van der Waals surface area contributed by atoms with E-state index in [9.17, 15) is 0 Å². The highest BCUT2D eigenvalue weighted by Crippen LogP contribution is 2.42. The van der Waals surface area contributed by atoms with Crippen LogP contribution >= 0.6 is 0 Å². The van der Waals surface area contributed by atoms with Gasteiger partial charge in [0, 0.05) is 61.9 Å². The Balaban J connectivity index is 1.20. The molecule has 5 heterocycles. The first-order valence-corrected chi connectivity index (χ1v) is 19.3. The van der Waals surface area contributed by atoms with Gasteiger partial charge in [0.2, 0.25) is 0 Å². The Kier molecular flexibility index (Phi) is 7.64. The van der Waals surface area contributed by atoms with Crippen LogP contribution in [0.5, 0.6) is 0 Å². The van der Waals surface area contributed by atoms with E-state index in [1.165, 1.54) is 32.6 Å². The molecule has 268 valence electrons. The van der Waals surface area contributed by atoms with E-state index >= 15 is 0 Å². The molecule has 0 atom stereocenters. The van der Waals surface area contributed by atoms with Crippen LogP contribution in [0.15, 0.2) is 194 Å². The molecule has 0 aliphatic rings. The Morgan fingerprint density at radius 3 is 1.44 bits per heavy atom. The van der Waals surface area contributed by atoms with Crippen LogP contribution in [0.1, 0.15) is 5.56 Å². The van der Waals surface area contributed by atoms with Crippen molar-refractivity contribution in [3.63, 3.8) is 0 Å². The number of benzene rings is 6. The van der Waals surface area contributed by atoms with Crippen molar-refractivity contribution >= 4 is 43.6 Å². The van der Waals surface area contributed by atoms with Crippen LogP contribution in [0.4, 0.5) is 0 Å². The molecule has 0 unspecified atom stereocenters. The Hall–Kier alpha value is -7.63. The van der Waals surface area contributed by atoms with Gasteiger partial charge in [-0.05, 0) is 73.7 Å². The predicted octanol–water partition coefficient (Wildman–Crippen LogP) is 13.0. The molecule has 5 aromatic heterocycles. The fraction of sp³-hybridized carbons (Fsp3) is 0.0192. The molecular formula is C52H35N5. The lowest BCUT2D eigenvalue weighted by Gasteiger charge is -2.15. The number of rotatable bonds is 6. The van der Waals surface area contributed by atoms with E-state index in [0.29, 0.717) is 0 Å². The number of nitrogens with zero attached hydrogens (tertiary/aromatic N) is 5. The van der Waals surface area contributed by atoms with Crippen LogP contribution < -0.4 is 0 Å². The van der Waals surface area contributed by atoms with E-state index in [0.717, 1.165) is 73.0 Å². The summed E-state index contributed by atoms with van der Waals surface area (Å²) in [6.07, 6.45) is 3.88. The highest BCUT2D eigenvalue weighted by molar-refractivity contribution is 6.24. The zero-order chi connectivity index (χ0) is 37.9. The smallest absolute Gasteiger partial charge is 0.0788 e. The second kappa shape index (κ2) is 13.3. The van der Waals surface area contributed by atoms with Crippen LogP contribution in [0.2, 0.25) is 0 Å². The molecule has 0 saturated heterocycles. The van der Waals surface area contributed by atoms with E-state index in [-0.39, 0.29) is 0 Å². The Labute approximate surface area is 329 Å². The minimum atomic E-state index is 0.832. The van der Waals surface area contributed by atoms with E-state index in [1.54, 1.807) is 0 Å². The van der Waals surface area contributed by atoms with Crippen molar-refractivity contribution in [2.75, 3.05) is 0 Å². The molecule has 0 N–H and O–H groups in total. The lowest BCUT2D eigenvalue weighted by molar-refractivity contribution is 1.14. The standard InChI is InChI=1S/C52H35N5/c1-34-21-28-50-44(29-34)43-25-24-42-41-19-11-12-20-49(41)57(51(42)52(43)56(50)39-17-9-4-10-18-39)40-30-47(37-22-26-45(53-32-37)35-13-5-2-6-14-35)55-48(31-40)38-23-27-46(54-33-38)36-15-7-3-8-16-36/h2-33H,1H3. The van der Waals surface area contributed by atoms with Gasteiger partial charge in [0.15, 0.2) is 0 Å². The number of aryl methyl sites for hydroxylation is 1. The fourth-order valence-corrected chi connectivity index (χ4v) is 8.37. The minimum absolute atomic E-state index is 0.832. The molecule has 0 saturated carbocycles. The van der Waals surface area contributed by atoms with Gasteiger partial charge < -0.3 is 9.13 Å². The molecule has 0 aliphatic carbocycles. The van der Waals surface area contributed by atoms with Crippen molar-refractivity contribution in [3.8, 4) is 56.4 Å². The third kappa shape index (κ3) is 5.51. The number of para-hydroxylation sites is 2. The predicted molar refractivity (Wildman–Crippen MR) is 235 cm³/mol. The van der Waals surface area contributed by atoms with Gasteiger partial charge in [0.25, 0.3) is 0 Å². The largest absolute Gasteiger partial charge is 0.307 e. The first kappa shape index (κ1) is 32.8. The van der Waals surface area contributed by atoms with Crippen LogP contribution in [-0.2, 0) is 0 Å². The molecule has 0 radical (unpaired) electrons. The first-order valence-electron chi connectivity index (χ1n) is 19.3. The molecule has 57 heavy (non-hydrogen) atoms. The average molecular weight is 730 g/mol. The Morgan fingerprint density at radius 1 is 0.351 bits per heavy atom. The lowest BCUT2D eigenvalue weighted by atomic mass is 10.1. The summed E-state index contributed by atoms with van der Waals surface area (Å²) in [7, 11) is 0. The summed E-state index contributed by atoms with van der Waals surface area (Å²) >= 11 is 0. The fourth-order valence-electron chi connectivity index (χ4n) is 8.37. The van der Waals surface area contributed by atoms with Crippen molar-refractivity contribution in [1.29, 1.82) is 0 Å². The van der Waals surface area contributed by atoms with Gasteiger partial charge in [-0.15, -0.1) is 0 Å². The third-order valence-electron chi connectivity index (χ3n) is 11.1. The highest BCUT2D eigenvalue weighted by atomic mass is 15.0. The number of hydrogen-bond acceptors (Lipinski definition) is 3. The number of aromatic nitrogens is 5. The monoisotopic (exact) mass is 729 g/mol. The quantitative estimate of drug-likeness (QED) is 0.171. The Morgan fingerprint density at radius 2 is 0.860 bits per heavy atom. The molecule has 6 aromatic carbocycles. The summed E-state index contributed by atoms with van der Waals surface area (Å²) in [4.78, 5) is 15.2. The molecule has 11 rings (SSSR count). The van der Waals surface area contributed by atoms with Crippen molar-refractivity contribution in [2.24, 2.45) is 0 Å². The molecule has 0 amide bonds. The van der Waals surface area contributed by atoms with Gasteiger partial charge in [-0.1, -0.05) is 121 Å². The van der Waals surface area contributed by atoms with Crippen molar-refractivity contribution in [1.82, 2.24) is 24.1 Å². The third-order valence-corrected chi connectivity index (χ3v) is 11.1. The summed E-state index contributed by atoms with van der Waals surface area (Å²) in [5.41, 5.74) is 15.5. The summed E-state index contributed by atoms with van der Waals surface area (Å²) in [6.45, 7) is 2.17. The topological polar surface area (TPSA) is 48.5 Å². The molecule has 0 fully saturated rings. The number of hydrogen-bond donors (Lipinski definition) is 0. The van der Waals surface area contributed by atoms with Gasteiger partial charge in [0.1, 0.15) is 0 Å². The molecule has 0 spiro atoms. The summed E-state index contributed by atoms with van der Waals surface area (Å²) in [5.74, 6) is 0. The van der Waals surface area contributed by atoms with Crippen LogP contribution in [0.25, 0.3) is 100 Å². The second-order valence-electron chi connectivity index (χ2n) is 14.6. The molecule has 0 bridgehead atoms. The van der Waals surface area contributed by atoms with E-state index in [4.69, 9.17) is 15.0 Å². The highest BCUT2D eigenvalue weighted by Gasteiger charge is 2.22. The SMILES string of the molecule is Cc1ccc2c(c1)c1ccc3c4ccccc4n(-c4cc(-c5ccc(-c6ccccc6)nc5)nc(-c5ccc(-c6ccccc6)nc5)c4)c3c1n2-c1ccccc1. The van der Waals surface area contributed by atoms with Gasteiger partial charge in [-0.25, -0.2) is 4.98 Å². The van der Waals surface area contributed by atoms with Gasteiger partial charge in [-0.3, -0.25) is 9.97 Å². The first-order chi connectivity index (χ1) is 28.2. The number of fused-ring (bicyclic) bond motifs is 7. The Bertz CT molecular complexity index is 3150. The van der Waals surface area contributed by atoms with E-state index in [1.807, 2.05) is 48.8 Å². The van der Waals surface area contributed by atoms with Gasteiger partial charge in [-0.2, -0.15) is 0 Å². The van der Waals surface area contributed by atoms with Gasteiger partial charge in [0.05, 0.1) is 50.5 Å². The van der Waals surface area contributed by atoms with Crippen molar-refractivity contribution in [2.45, 2.75) is 6.92 Å². The summed E-state index contributed by atoms with van der Waals surface area (Å²) in [5, 5.41) is 4.83. The maximum atomic E-state index is 5.32. The average Bonchev–Trinajstić information content (AvgIpc) is 3.80. The molecule has 5 nitrogen and oxygen atoms in total. The second-order valence-corrected chi connectivity index (χ2v) is 14.6. The van der Waals surface area contributed by atoms with Crippen LogP contribution in [-0.4, -0.2) is 24.1 Å². The van der Waals surface area contributed by atoms with E-state index in [2.05, 4.69) is 162 Å². The zero-order valence-corrected chi connectivity index (χ0v) is 31.2. The minimum Gasteiger partial charge on any atom is -0.307 e. The normalized spacial score (nSPS) is 11.6. The maximum absolute atomic E-state index is 5.32. The lowest BCUT2D eigenvalue weighted by Crippen LogP contribution is -2.01. The van der Waals surface area contributed by atoms with Gasteiger partial charge >= 0.3 is 0 Å². The van der Waals surface area contributed by atoms with Crippen molar-refractivity contribution < 1.29 is 0 Å². The van der Waals surface area contributed by atoms with Crippen LogP contribution in [0.3, 0.4) is 0 Å². The summed E-state index contributed by atoms with van der Waals surface area (Å²) < 4.78 is 4.87. The van der Waals surface area contributed by atoms with Crippen LogP contribution in [0, 0.1) is 6.92 Å². The molecule has 0 aliphatic heterocycles. The molecule has 11 aromatic rings.